The summed E-state index contributed by atoms with van der Waals surface area (Å²) in [6.45, 7) is 3.80. The van der Waals surface area contributed by atoms with Crippen LogP contribution in [0.15, 0.2) is 109 Å². The van der Waals surface area contributed by atoms with E-state index in [1.165, 1.54) is 0 Å². The Morgan fingerprint density at radius 2 is 1.39 bits per heavy atom. The molecular formula is C32H25N5O. The third-order valence-corrected chi connectivity index (χ3v) is 6.52. The smallest absolute Gasteiger partial charge is 0.187 e. The molecular weight excluding hydrogens is 470 g/mol. The first-order chi connectivity index (χ1) is 18.6. The van der Waals surface area contributed by atoms with Crippen molar-refractivity contribution in [3.8, 4) is 22.6 Å². The van der Waals surface area contributed by atoms with Crippen LogP contribution in [0.3, 0.4) is 0 Å². The fourth-order valence-corrected chi connectivity index (χ4v) is 4.57. The summed E-state index contributed by atoms with van der Waals surface area (Å²) in [5.41, 5.74) is 7.31. The number of carbonyl (C=O) groups is 1. The van der Waals surface area contributed by atoms with E-state index in [4.69, 9.17) is 10.1 Å². The molecule has 0 aliphatic rings. The molecule has 3 aromatic carbocycles. The van der Waals surface area contributed by atoms with Gasteiger partial charge in [-0.25, -0.2) is 14.3 Å². The van der Waals surface area contributed by atoms with Crippen molar-refractivity contribution in [1.29, 1.82) is 0 Å². The minimum Gasteiger partial charge on any atom is -0.289 e. The van der Waals surface area contributed by atoms with E-state index in [0.717, 1.165) is 44.9 Å². The molecule has 0 amide bonds. The molecule has 38 heavy (non-hydrogen) atoms. The molecule has 0 unspecified atom stereocenters. The predicted octanol–water partition coefficient (Wildman–Crippen LogP) is 6.79. The molecule has 6 aromatic rings. The molecule has 6 nitrogen and oxygen atoms in total. The molecule has 6 rings (SSSR count). The number of aromatic nitrogens is 5. The summed E-state index contributed by atoms with van der Waals surface area (Å²) < 4.78 is 3.67. The van der Waals surface area contributed by atoms with Gasteiger partial charge in [0.2, 0.25) is 0 Å². The van der Waals surface area contributed by atoms with Crippen molar-refractivity contribution in [2.24, 2.45) is 0 Å². The minimum absolute atomic E-state index is 0.116. The van der Waals surface area contributed by atoms with Gasteiger partial charge in [-0.15, -0.1) is 0 Å². The first-order valence-corrected chi connectivity index (χ1v) is 12.4. The van der Waals surface area contributed by atoms with Gasteiger partial charge in [-0.3, -0.25) is 4.79 Å². The number of carbonyl (C=O) groups excluding carboxylic acids is 1. The zero-order chi connectivity index (χ0) is 26.1. The van der Waals surface area contributed by atoms with Crippen molar-refractivity contribution in [3.63, 3.8) is 0 Å². The number of hydrogen-bond acceptors (Lipinski definition) is 4. The zero-order valence-electron chi connectivity index (χ0n) is 21.1. The number of nitrogens with zero attached hydrogens (tertiary/aromatic N) is 5. The minimum atomic E-state index is -0.116. The monoisotopic (exact) mass is 495 g/mol. The number of fused-ring (bicyclic) bond motifs is 1. The molecule has 6 heteroatoms. The molecule has 0 aliphatic heterocycles. The fraction of sp³-hybridized carbons (Fsp3) is 0.0625. The molecule has 3 aromatic heterocycles. The van der Waals surface area contributed by atoms with Crippen LogP contribution in [0.4, 0.5) is 0 Å². The number of allylic oxidation sites excluding steroid dienone is 1. The van der Waals surface area contributed by atoms with Crippen LogP contribution in [0, 0.1) is 13.8 Å². The summed E-state index contributed by atoms with van der Waals surface area (Å²) in [6, 6.07) is 31.7. The maximum atomic E-state index is 13.4. The lowest BCUT2D eigenvalue weighted by molar-refractivity contribution is 0.104. The third-order valence-electron chi connectivity index (χ3n) is 6.52. The van der Waals surface area contributed by atoms with E-state index in [1.54, 1.807) is 6.08 Å². The summed E-state index contributed by atoms with van der Waals surface area (Å²) in [5, 5.41) is 10.4. The molecule has 184 valence electrons. The van der Waals surface area contributed by atoms with Crippen LogP contribution in [-0.4, -0.2) is 30.3 Å². The van der Waals surface area contributed by atoms with Gasteiger partial charge in [-0.05, 0) is 56.3 Å². The van der Waals surface area contributed by atoms with Crippen molar-refractivity contribution in [2.75, 3.05) is 0 Å². The molecule has 0 spiro atoms. The second-order valence-corrected chi connectivity index (χ2v) is 9.10. The average Bonchev–Trinajstić information content (AvgIpc) is 3.53. The number of benzene rings is 3. The van der Waals surface area contributed by atoms with E-state index in [1.807, 2.05) is 133 Å². The van der Waals surface area contributed by atoms with Gasteiger partial charge in [-0.1, -0.05) is 66.7 Å². The van der Waals surface area contributed by atoms with E-state index in [-0.39, 0.29) is 5.78 Å². The summed E-state index contributed by atoms with van der Waals surface area (Å²) in [7, 11) is 0. The van der Waals surface area contributed by atoms with E-state index < -0.39 is 0 Å². The summed E-state index contributed by atoms with van der Waals surface area (Å²) in [4.78, 5) is 18.2. The average molecular weight is 496 g/mol. The Labute approximate surface area is 220 Å². The highest BCUT2D eigenvalue weighted by Crippen LogP contribution is 2.26. The quantitative estimate of drug-likeness (QED) is 0.189. The SMILES string of the molecule is Cc1nc2c(cc1C(=O)C=Cc1cn(-c3ccccc3)nc1-c1ccccc1)c(C)nn2-c1ccccc1. The summed E-state index contributed by atoms with van der Waals surface area (Å²) >= 11 is 0. The lowest BCUT2D eigenvalue weighted by Crippen LogP contribution is -2.03. The molecule has 3 heterocycles. The second kappa shape index (κ2) is 9.75. The van der Waals surface area contributed by atoms with E-state index in [2.05, 4.69) is 5.10 Å². The lowest BCUT2D eigenvalue weighted by atomic mass is 10.0. The molecule has 0 saturated heterocycles. The van der Waals surface area contributed by atoms with Crippen molar-refractivity contribution < 1.29 is 4.79 Å². The number of rotatable bonds is 6. The van der Waals surface area contributed by atoms with Crippen molar-refractivity contribution in [1.82, 2.24) is 24.5 Å². The first-order valence-electron chi connectivity index (χ1n) is 12.4. The van der Waals surface area contributed by atoms with Crippen LogP contribution in [0.5, 0.6) is 0 Å². The fourth-order valence-electron chi connectivity index (χ4n) is 4.57. The maximum absolute atomic E-state index is 13.4. The van der Waals surface area contributed by atoms with Gasteiger partial charge >= 0.3 is 0 Å². The Kier molecular flexibility index (Phi) is 5.98. The number of para-hydroxylation sites is 2. The molecule has 0 radical (unpaired) electrons. The highest BCUT2D eigenvalue weighted by atomic mass is 16.1. The van der Waals surface area contributed by atoms with Crippen LogP contribution >= 0.6 is 0 Å². The van der Waals surface area contributed by atoms with Gasteiger partial charge in [0.15, 0.2) is 11.4 Å². The van der Waals surface area contributed by atoms with Crippen molar-refractivity contribution in [2.45, 2.75) is 13.8 Å². The van der Waals surface area contributed by atoms with E-state index >= 15 is 0 Å². The number of hydrogen-bond donors (Lipinski definition) is 0. The van der Waals surface area contributed by atoms with Gasteiger partial charge in [-0.2, -0.15) is 10.2 Å². The molecule has 0 saturated carbocycles. The predicted molar refractivity (Wildman–Crippen MR) is 151 cm³/mol. The highest BCUT2D eigenvalue weighted by Gasteiger charge is 2.17. The third kappa shape index (κ3) is 4.33. The molecule has 0 bridgehead atoms. The first kappa shape index (κ1) is 23.3. The highest BCUT2D eigenvalue weighted by molar-refractivity contribution is 6.09. The molecule has 0 atom stereocenters. The van der Waals surface area contributed by atoms with E-state index in [0.29, 0.717) is 11.3 Å². The van der Waals surface area contributed by atoms with Crippen LogP contribution in [0.25, 0.3) is 39.7 Å². The van der Waals surface area contributed by atoms with Gasteiger partial charge in [0.25, 0.3) is 0 Å². The van der Waals surface area contributed by atoms with Gasteiger partial charge in [0.1, 0.15) is 0 Å². The normalized spacial score (nSPS) is 11.4. The standard InChI is InChI=1S/C32H25N5O/c1-22-28(20-29-23(2)34-37(32(29)33-22)27-16-10-5-11-17-27)30(38)19-18-25-21-36(26-14-8-4-9-15-26)35-31(25)24-12-6-3-7-13-24/h3-21H,1-2H3. The van der Waals surface area contributed by atoms with Crippen LogP contribution in [-0.2, 0) is 0 Å². The Balaban J connectivity index is 1.38. The van der Waals surface area contributed by atoms with Crippen LogP contribution < -0.4 is 0 Å². The second-order valence-electron chi connectivity index (χ2n) is 9.10. The zero-order valence-corrected chi connectivity index (χ0v) is 21.1. The van der Waals surface area contributed by atoms with Gasteiger partial charge in [0, 0.05) is 28.3 Å². The topological polar surface area (TPSA) is 65.6 Å². The van der Waals surface area contributed by atoms with E-state index in [9.17, 15) is 4.79 Å². The Morgan fingerprint density at radius 3 is 2.08 bits per heavy atom. The Morgan fingerprint density at radius 1 is 0.763 bits per heavy atom. The van der Waals surface area contributed by atoms with Crippen LogP contribution in [0.1, 0.15) is 27.3 Å². The largest absolute Gasteiger partial charge is 0.289 e. The van der Waals surface area contributed by atoms with Gasteiger partial charge in [0.05, 0.1) is 28.5 Å². The van der Waals surface area contributed by atoms with Crippen molar-refractivity contribution >= 4 is 22.9 Å². The molecule has 0 fully saturated rings. The molecule has 0 aliphatic carbocycles. The van der Waals surface area contributed by atoms with Crippen molar-refractivity contribution in [3.05, 3.63) is 132 Å². The Bertz CT molecular complexity index is 1780. The van der Waals surface area contributed by atoms with Crippen LogP contribution in [0.2, 0.25) is 0 Å². The number of aryl methyl sites for hydroxylation is 2. The Hall–Kier alpha value is -5.10. The van der Waals surface area contributed by atoms with Gasteiger partial charge < -0.3 is 0 Å². The number of pyridine rings is 1. The summed E-state index contributed by atoms with van der Waals surface area (Å²) in [5.74, 6) is -0.116. The maximum Gasteiger partial charge on any atom is 0.187 e. The summed E-state index contributed by atoms with van der Waals surface area (Å²) in [6.07, 6.45) is 5.39. The number of ketones is 1. The lowest BCUT2D eigenvalue weighted by Gasteiger charge is -2.05. The molecule has 0 N–H and O–H groups in total.